The minimum absolute atomic E-state index is 0.248. The molecule has 0 aromatic rings. The second-order valence-corrected chi connectivity index (χ2v) is 4.50. The van der Waals surface area contributed by atoms with Gasteiger partial charge >= 0.3 is 0 Å². The van der Waals surface area contributed by atoms with Crippen LogP contribution < -0.4 is 5.32 Å². The molecule has 0 aliphatic heterocycles. The number of carbonyl (C=O) groups is 1. The van der Waals surface area contributed by atoms with Gasteiger partial charge in [0.05, 0.1) is 0 Å². The Hall–Kier alpha value is -0.240. The molecule has 0 aromatic heterocycles. The minimum atomic E-state index is 0.248. The molecule has 13 heavy (non-hydrogen) atoms. The first-order valence-electron chi connectivity index (χ1n) is 5.18. The topological polar surface area (TPSA) is 29.1 Å². The highest BCUT2D eigenvalue weighted by Crippen LogP contribution is 2.55. The van der Waals surface area contributed by atoms with Gasteiger partial charge in [0.1, 0.15) is 0 Å². The molecule has 3 heteroatoms. The first-order valence-corrected chi connectivity index (χ1v) is 5.71. The molecular weight excluding hydrogens is 186 g/mol. The summed E-state index contributed by atoms with van der Waals surface area (Å²) in [6.07, 6.45) is 5.17. The zero-order valence-corrected chi connectivity index (χ0v) is 8.52. The van der Waals surface area contributed by atoms with E-state index >= 15 is 0 Å². The van der Waals surface area contributed by atoms with Crippen LogP contribution in [0, 0.1) is 17.8 Å². The Labute approximate surface area is 84.0 Å². The van der Waals surface area contributed by atoms with Crippen molar-refractivity contribution in [2.24, 2.45) is 17.8 Å². The first kappa shape index (κ1) is 9.32. The van der Waals surface area contributed by atoms with Crippen LogP contribution in [0.15, 0.2) is 0 Å². The van der Waals surface area contributed by atoms with Crippen LogP contribution in [0.1, 0.15) is 25.7 Å². The number of nitrogens with one attached hydrogen (secondary N) is 1. The maximum Gasteiger partial charge on any atom is 0.223 e. The Morgan fingerprint density at radius 3 is 2.46 bits per heavy atom. The van der Waals surface area contributed by atoms with Gasteiger partial charge in [-0.1, -0.05) is 12.8 Å². The monoisotopic (exact) mass is 201 g/mol. The zero-order valence-electron chi connectivity index (χ0n) is 7.76. The fourth-order valence-electron chi connectivity index (χ4n) is 2.67. The SMILES string of the molecule is O=C(NCCCl)C1C2CCCCC21. The van der Waals surface area contributed by atoms with E-state index in [0.29, 0.717) is 30.2 Å². The first-order chi connectivity index (χ1) is 6.34. The lowest BCUT2D eigenvalue weighted by Crippen LogP contribution is -2.27. The van der Waals surface area contributed by atoms with Gasteiger partial charge in [0.15, 0.2) is 0 Å². The van der Waals surface area contributed by atoms with E-state index in [2.05, 4.69) is 5.32 Å². The smallest absolute Gasteiger partial charge is 0.223 e. The molecule has 0 saturated heterocycles. The van der Waals surface area contributed by atoms with Crippen molar-refractivity contribution < 1.29 is 4.79 Å². The van der Waals surface area contributed by atoms with E-state index < -0.39 is 0 Å². The maximum atomic E-state index is 11.6. The molecule has 0 radical (unpaired) electrons. The number of carbonyl (C=O) groups excluding carboxylic acids is 1. The molecule has 2 rings (SSSR count). The van der Waals surface area contributed by atoms with Crippen molar-refractivity contribution in [2.75, 3.05) is 12.4 Å². The molecule has 2 aliphatic carbocycles. The predicted molar refractivity (Wildman–Crippen MR) is 52.7 cm³/mol. The van der Waals surface area contributed by atoms with Crippen molar-refractivity contribution >= 4 is 17.5 Å². The highest BCUT2D eigenvalue weighted by Gasteiger charge is 2.54. The Balaban J connectivity index is 1.79. The molecule has 2 atom stereocenters. The number of hydrogen-bond donors (Lipinski definition) is 1. The fourth-order valence-corrected chi connectivity index (χ4v) is 2.76. The quantitative estimate of drug-likeness (QED) is 0.693. The highest BCUT2D eigenvalue weighted by atomic mass is 35.5. The lowest BCUT2D eigenvalue weighted by atomic mass is 10.0. The Kier molecular flexibility index (Phi) is 2.77. The van der Waals surface area contributed by atoms with E-state index in [4.69, 9.17) is 11.6 Å². The van der Waals surface area contributed by atoms with Crippen molar-refractivity contribution in [1.82, 2.24) is 5.32 Å². The number of amides is 1. The van der Waals surface area contributed by atoms with Crippen LogP contribution in [-0.4, -0.2) is 18.3 Å². The summed E-state index contributed by atoms with van der Waals surface area (Å²) in [6.45, 7) is 0.621. The molecule has 2 saturated carbocycles. The van der Waals surface area contributed by atoms with E-state index in [1.165, 1.54) is 25.7 Å². The normalized spacial score (nSPS) is 36.5. The molecular formula is C10H16ClNO. The summed E-state index contributed by atoms with van der Waals surface area (Å²) in [5.74, 6) is 2.53. The van der Waals surface area contributed by atoms with Gasteiger partial charge in [-0.05, 0) is 24.7 Å². The van der Waals surface area contributed by atoms with Crippen LogP contribution >= 0.6 is 11.6 Å². The summed E-state index contributed by atoms with van der Waals surface area (Å²) < 4.78 is 0. The summed E-state index contributed by atoms with van der Waals surface area (Å²) >= 11 is 5.51. The molecule has 0 spiro atoms. The van der Waals surface area contributed by atoms with Gasteiger partial charge in [-0.2, -0.15) is 0 Å². The average Bonchev–Trinajstić information content (AvgIpc) is 2.88. The molecule has 2 unspecified atom stereocenters. The Morgan fingerprint density at radius 1 is 1.31 bits per heavy atom. The number of fused-ring (bicyclic) bond motifs is 1. The third-order valence-electron chi connectivity index (χ3n) is 3.35. The molecule has 2 aliphatic rings. The second kappa shape index (κ2) is 3.87. The summed E-state index contributed by atoms with van der Waals surface area (Å²) in [5.41, 5.74) is 0. The van der Waals surface area contributed by atoms with Gasteiger partial charge in [-0.25, -0.2) is 0 Å². The highest BCUT2D eigenvalue weighted by molar-refractivity contribution is 6.18. The molecule has 0 aromatic carbocycles. The molecule has 0 bridgehead atoms. The van der Waals surface area contributed by atoms with Crippen LogP contribution in [0.5, 0.6) is 0 Å². The van der Waals surface area contributed by atoms with Gasteiger partial charge in [0.2, 0.25) is 5.91 Å². The number of hydrogen-bond acceptors (Lipinski definition) is 1. The molecule has 74 valence electrons. The fraction of sp³-hybridized carbons (Fsp3) is 0.900. The number of rotatable bonds is 3. The van der Waals surface area contributed by atoms with Crippen molar-refractivity contribution in [2.45, 2.75) is 25.7 Å². The van der Waals surface area contributed by atoms with Crippen LogP contribution in [0.2, 0.25) is 0 Å². The van der Waals surface area contributed by atoms with Crippen LogP contribution in [0.4, 0.5) is 0 Å². The molecule has 2 nitrogen and oxygen atoms in total. The lowest BCUT2D eigenvalue weighted by molar-refractivity contribution is -0.122. The number of alkyl halides is 1. The van der Waals surface area contributed by atoms with E-state index in [9.17, 15) is 4.79 Å². The van der Waals surface area contributed by atoms with Gasteiger partial charge in [-0.15, -0.1) is 11.6 Å². The van der Waals surface area contributed by atoms with Gasteiger partial charge in [0.25, 0.3) is 0 Å². The van der Waals surface area contributed by atoms with Gasteiger partial charge in [0, 0.05) is 18.3 Å². The summed E-state index contributed by atoms with van der Waals surface area (Å²) in [4.78, 5) is 11.6. The lowest BCUT2D eigenvalue weighted by Gasteiger charge is -2.04. The summed E-state index contributed by atoms with van der Waals surface area (Å²) in [7, 11) is 0. The maximum absolute atomic E-state index is 11.6. The van der Waals surface area contributed by atoms with Gasteiger partial charge < -0.3 is 5.32 Å². The predicted octanol–water partition coefficient (Wildman–Crippen LogP) is 1.78. The molecule has 2 fully saturated rings. The van der Waals surface area contributed by atoms with Gasteiger partial charge in [-0.3, -0.25) is 4.79 Å². The molecule has 1 amide bonds. The summed E-state index contributed by atoms with van der Waals surface area (Å²) in [6, 6.07) is 0. The van der Waals surface area contributed by atoms with Crippen molar-refractivity contribution in [1.29, 1.82) is 0 Å². The molecule has 1 N–H and O–H groups in total. The largest absolute Gasteiger partial charge is 0.355 e. The van der Waals surface area contributed by atoms with Crippen molar-refractivity contribution in [3.8, 4) is 0 Å². The van der Waals surface area contributed by atoms with E-state index in [1.807, 2.05) is 0 Å². The third kappa shape index (κ3) is 1.83. The molecule has 0 heterocycles. The second-order valence-electron chi connectivity index (χ2n) is 4.12. The van der Waals surface area contributed by atoms with Crippen molar-refractivity contribution in [3.63, 3.8) is 0 Å². The van der Waals surface area contributed by atoms with E-state index in [1.54, 1.807) is 0 Å². The average molecular weight is 202 g/mol. The van der Waals surface area contributed by atoms with E-state index in [0.717, 1.165) is 0 Å². The summed E-state index contributed by atoms with van der Waals surface area (Å²) in [5, 5.41) is 2.88. The number of halogens is 1. The van der Waals surface area contributed by atoms with Crippen LogP contribution in [0.3, 0.4) is 0 Å². The Bertz CT molecular complexity index is 195. The Morgan fingerprint density at radius 2 is 1.92 bits per heavy atom. The minimum Gasteiger partial charge on any atom is -0.355 e. The van der Waals surface area contributed by atoms with Crippen molar-refractivity contribution in [3.05, 3.63) is 0 Å². The third-order valence-corrected chi connectivity index (χ3v) is 3.54. The zero-order chi connectivity index (χ0) is 9.26. The van der Waals surface area contributed by atoms with Crippen LogP contribution in [-0.2, 0) is 4.79 Å². The van der Waals surface area contributed by atoms with Crippen LogP contribution in [0.25, 0.3) is 0 Å². The standard InChI is InChI=1S/C10H16ClNO/c11-5-6-12-10(13)9-7-3-1-2-4-8(7)9/h7-9H,1-6H2,(H,12,13). The van der Waals surface area contributed by atoms with E-state index in [-0.39, 0.29) is 5.91 Å².